The summed E-state index contributed by atoms with van der Waals surface area (Å²) in [5.41, 5.74) is 3.73. The summed E-state index contributed by atoms with van der Waals surface area (Å²) in [6, 6.07) is 13.0. The second-order valence-corrected chi connectivity index (χ2v) is 5.82. The summed E-state index contributed by atoms with van der Waals surface area (Å²) in [4.78, 5) is 6.95. The van der Waals surface area contributed by atoms with Crippen LogP contribution in [0.25, 0.3) is 0 Å². The summed E-state index contributed by atoms with van der Waals surface area (Å²) in [5.74, 6) is 1.10. The molecule has 0 spiro atoms. The molecule has 1 unspecified atom stereocenters. The lowest BCUT2D eigenvalue weighted by Crippen LogP contribution is -2.18. The average Bonchev–Trinajstić information content (AvgIpc) is 3.02. The molecule has 0 saturated carbocycles. The van der Waals surface area contributed by atoms with Gasteiger partial charge in [0.1, 0.15) is 5.82 Å². The number of pyridine rings is 1. The van der Waals surface area contributed by atoms with Gasteiger partial charge in [0.2, 0.25) is 0 Å². The minimum absolute atomic E-state index is 0.283. The van der Waals surface area contributed by atoms with Crippen molar-refractivity contribution in [1.82, 2.24) is 4.98 Å². The minimum atomic E-state index is 0.283. The molecule has 3 nitrogen and oxygen atoms in total. The van der Waals surface area contributed by atoms with Crippen LogP contribution in [0.15, 0.2) is 42.6 Å². The van der Waals surface area contributed by atoms with E-state index in [1.165, 1.54) is 24.0 Å². The second-order valence-electron chi connectivity index (χ2n) is 5.82. The Kier molecular flexibility index (Phi) is 4.09. The molecular formula is C18H23N3. The van der Waals surface area contributed by atoms with Crippen LogP contribution in [0.1, 0.15) is 36.9 Å². The first kappa shape index (κ1) is 13.9. The molecule has 1 saturated heterocycles. The molecule has 21 heavy (non-hydrogen) atoms. The maximum atomic E-state index is 4.59. The molecule has 110 valence electrons. The fourth-order valence-corrected chi connectivity index (χ4v) is 3.01. The van der Waals surface area contributed by atoms with Gasteiger partial charge in [0.25, 0.3) is 0 Å². The molecule has 0 amide bonds. The molecule has 1 fully saturated rings. The van der Waals surface area contributed by atoms with E-state index in [0.29, 0.717) is 0 Å². The number of nitrogens with one attached hydrogen (secondary N) is 1. The number of aromatic nitrogens is 1. The molecule has 0 radical (unpaired) electrons. The number of rotatable bonds is 4. The number of hydrogen-bond donors (Lipinski definition) is 1. The Balaban J connectivity index is 1.69. The summed E-state index contributed by atoms with van der Waals surface area (Å²) in [6.07, 6.45) is 4.51. The third kappa shape index (κ3) is 3.18. The topological polar surface area (TPSA) is 28.2 Å². The Hall–Kier alpha value is -2.03. The van der Waals surface area contributed by atoms with Crippen LogP contribution in [-0.4, -0.2) is 18.1 Å². The van der Waals surface area contributed by atoms with Crippen molar-refractivity contribution in [2.75, 3.05) is 23.3 Å². The number of anilines is 2. The standard InChI is InChI=1S/C18H23N3/c1-14-7-3-4-8-17(14)15(2)20-16-9-10-18(19-13-16)21-11-5-6-12-21/h3-4,7-10,13,15,20H,5-6,11-12H2,1-2H3. The Labute approximate surface area is 127 Å². The van der Waals surface area contributed by atoms with E-state index >= 15 is 0 Å². The zero-order chi connectivity index (χ0) is 14.7. The minimum Gasteiger partial charge on any atom is -0.377 e. The van der Waals surface area contributed by atoms with Gasteiger partial charge in [-0.1, -0.05) is 24.3 Å². The Morgan fingerprint density at radius 2 is 1.86 bits per heavy atom. The molecule has 1 aromatic heterocycles. The van der Waals surface area contributed by atoms with Crippen LogP contribution >= 0.6 is 0 Å². The van der Waals surface area contributed by atoms with Crippen molar-refractivity contribution in [3.8, 4) is 0 Å². The predicted molar refractivity (Wildman–Crippen MR) is 88.9 cm³/mol. The normalized spacial score (nSPS) is 16.0. The van der Waals surface area contributed by atoms with Crippen molar-refractivity contribution >= 4 is 11.5 Å². The van der Waals surface area contributed by atoms with Gasteiger partial charge in [0.05, 0.1) is 11.9 Å². The molecule has 2 aromatic rings. The highest BCUT2D eigenvalue weighted by Gasteiger charge is 2.13. The first-order valence-corrected chi connectivity index (χ1v) is 7.77. The van der Waals surface area contributed by atoms with Gasteiger partial charge >= 0.3 is 0 Å². The third-order valence-corrected chi connectivity index (χ3v) is 4.22. The largest absolute Gasteiger partial charge is 0.377 e. The van der Waals surface area contributed by atoms with Gasteiger partial charge in [0, 0.05) is 19.1 Å². The van der Waals surface area contributed by atoms with Gasteiger partial charge in [0.15, 0.2) is 0 Å². The molecule has 3 heteroatoms. The molecule has 0 bridgehead atoms. The van der Waals surface area contributed by atoms with Crippen LogP contribution in [0.2, 0.25) is 0 Å². The van der Waals surface area contributed by atoms with Gasteiger partial charge in [-0.3, -0.25) is 0 Å². The van der Waals surface area contributed by atoms with Crippen molar-refractivity contribution in [2.24, 2.45) is 0 Å². The molecule has 1 aliphatic heterocycles. The van der Waals surface area contributed by atoms with Crippen molar-refractivity contribution in [3.05, 3.63) is 53.7 Å². The van der Waals surface area contributed by atoms with Gasteiger partial charge < -0.3 is 10.2 Å². The highest BCUT2D eigenvalue weighted by molar-refractivity contribution is 5.50. The van der Waals surface area contributed by atoms with E-state index in [1.54, 1.807) is 0 Å². The molecule has 2 heterocycles. The van der Waals surface area contributed by atoms with E-state index in [-0.39, 0.29) is 6.04 Å². The van der Waals surface area contributed by atoms with Crippen LogP contribution in [-0.2, 0) is 0 Å². The van der Waals surface area contributed by atoms with E-state index < -0.39 is 0 Å². The molecule has 3 rings (SSSR count). The number of benzene rings is 1. The Morgan fingerprint density at radius 3 is 2.52 bits per heavy atom. The van der Waals surface area contributed by atoms with Gasteiger partial charge in [-0.2, -0.15) is 0 Å². The Bertz CT molecular complexity index is 586. The number of nitrogens with zero attached hydrogens (tertiary/aromatic N) is 2. The molecule has 0 aliphatic carbocycles. The maximum Gasteiger partial charge on any atom is 0.128 e. The van der Waals surface area contributed by atoms with Crippen molar-refractivity contribution in [1.29, 1.82) is 0 Å². The summed E-state index contributed by atoms with van der Waals surface area (Å²) >= 11 is 0. The van der Waals surface area contributed by atoms with Crippen LogP contribution in [0.3, 0.4) is 0 Å². The summed E-state index contributed by atoms with van der Waals surface area (Å²) in [7, 11) is 0. The molecule has 1 aliphatic rings. The lowest BCUT2D eigenvalue weighted by Gasteiger charge is -2.19. The zero-order valence-corrected chi connectivity index (χ0v) is 12.8. The lowest BCUT2D eigenvalue weighted by molar-refractivity contribution is 0.870. The van der Waals surface area contributed by atoms with Crippen molar-refractivity contribution in [2.45, 2.75) is 32.7 Å². The van der Waals surface area contributed by atoms with Gasteiger partial charge in [-0.05, 0) is 49.9 Å². The highest BCUT2D eigenvalue weighted by Crippen LogP contribution is 2.23. The SMILES string of the molecule is Cc1ccccc1C(C)Nc1ccc(N2CCCC2)nc1. The van der Waals surface area contributed by atoms with Crippen LogP contribution in [0.5, 0.6) is 0 Å². The Morgan fingerprint density at radius 1 is 1.10 bits per heavy atom. The van der Waals surface area contributed by atoms with Crippen LogP contribution in [0, 0.1) is 6.92 Å². The predicted octanol–water partition coefficient (Wildman–Crippen LogP) is 4.16. The average molecular weight is 281 g/mol. The summed E-state index contributed by atoms with van der Waals surface area (Å²) < 4.78 is 0. The fraction of sp³-hybridized carbons (Fsp3) is 0.389. The van der Waals surface area contributed by atoms with Crippen molar-refractivity contribution in [3.63, 3.8) is 0 Å². The van der Waals surface area contributed by atoms with Crippen LogP contribution < -0.4 is 10.2 Å². The third-order valence-electron chi connectivity index (χ3n) is 4.22. The van der Waals surface area contributed by atoms with Gasteiger partial charge in [-0.25, -0.2) is 4.98 Å². The number of hydrogen-bond acceptors (Lipinski definition) is 3. The maximum absolute atomic E-state index is 4.59. The van der Waals surface area contributed by atoms with Gasteiger partial charge in [-0.15, -0.1) is 0 Å². The quantitative estimate of drug-likeness (QED) is 0.912. The first-order valence-electron chi connectivity index (χ1n) is 7.77. The molecule has 1 N–H and O–H groups in total. The highest BCUT2D eigenvalue weighted by atomic mass is 15.2. The zero-order valence-electron chi connectivity index (χ0n) is 12.8. The van der Waals surface area contributed by atoms with E-state index in [1.807, 2.05) is 6.20 Å². The van der Waals surface area contributed by atoms with E-state index in [2.05, 4.69) is 65.4 Å². The lowest BCUT2D eigenvalue weighted by atomic mass is 10.0. The van der Waals surface area contributed by atoms with Crippen LogP contribution in [0.4, 0.5) is 11.5 Å². The second kappa shape index (κ2) is 6.17. The summed E-state index contributed by atoms with van der Waals surface area (Å²) in [5, 5.41) is 3.54. The molecule has 1 atom stereocenters. The van der Waals surface area contributed by atoms with E-state index in [9.17, 15) is 0 Å². The first-order chi connectivity index (χ1) is 10.2. The fourth-order valence-electron chi connectivity index (χ4n) is 3.01. The monoisotopic (exact) mass is 281 g/mol. The smallest absolute Gasteiger partial charge is 0.128 e. The number of aryl methyl sites for hydroxylation is 1. The van der Waals surface area contributed by atoms with Crippen molar-refractivity contribution < 1.29 is 0 Å². The van der Waals surface area contributed by atoms with E-state index in [4.69, 9.17) is 0 Å². The molecular weight excluding hydrogens is 258 g/mol. The molecule has 1 aromatic carbocycles. The van der Waals surface area contributed by atoms with E-state index in [0.717, 1.165) is 24.6 Å². The summed E-state index contributed by atoms with van der Waals surface area (Å²) in [6.45, 7) is 6.62.